The second-order valence-electron chi connectivity index (χ2n) is 7.52. The number of thiazole rings is 1. The highest BCUT2D eigenvalue weighted by molar-refractivity contribution is 7.18. The summed E-state index contributed by atoms with van der Waals surface area (Å²) in [5, 5.41) is 10.4. The molecule has 0 bridgehead atoms. The fourth-order valence-electron chi connectivity index (χ4n) is 4.16. The minimum Gasteiger partial charge on any atom is -0.496 e. The van der Waals surface area contributed by atoms with Crippen molar-refractivity contribution in [2.75, 3.05) is 34.4 Å². The number of rotatable bonds is 7. The Morgan fingerprint density at radius 1 is 1.06 bits per heavy atom. The van der Waals surface area contributed by atoms with Gasteiger partial charge in [-0.25, -0.2) is 4.98 Å². The summed E-state index contributed by atoms with van der Waals surface area (Å²) in [5.74, 6) is 0.863. The molecule has 2 heterocycles. The van der Waals surface area contributed by atoms with Crippen LogP contribution < -0.4 is 14.2 Å². The molecule has 1 saturated heterocycles. The smallest absolute Gasteiger partial charge is 0.306 e. The maximum absolute atomic E-state index is 11.5. The number of para-hydroxylation sites is 1. The number of methoxy groups -OCH3 is 3. The van der Waals surface area contributed by atoms with Crippen molar-refractivity contribution in [1.82, 2.24) is 9.88 Å². The van der Waals surface area contributed by atoms with Gasteiger partial charge in [0.1, 0.15) is 10.8 Å². The molecule has 0 aliphatic carbocycles. The van der Waals surface area contributed by atoms with E-state index >= 15 is 0 Å². The first-order chi connectivity index (χ1) is 15.0. The van der Waals surface area contributed by atoms with Crippen LogP contribution in [0, 0.1) is 5.92 Å². The predicted octanol–water partition coefficient (Wildman–Crippen LogP) is 4.21. The summed E-state index contributed by atoms with van der Waals surface area (Å²) < 4.78 is 17.9. The SMILES string of the molecule is COc1cc(OC)c(C(c2nc3ccccc3s2)N2CCC(C(=O)O)CC2)cc1OC. The minimum absolute atomic E-state index is 0.179. The normalized spacial score (nSPS) is 16.2. The topological polar surface area (TPSA) is 81.1 Å². The number of aromatic nitrogens is 1. The largest absolute Gasteiger partial charge is 0.496 e. The van der Waals surface area contributed by atoms with Gasteiger partial charge in [-0.1, -0.05) is 12.1 Å². The molecule has 1 aliphatic rings. The fraction of sp³-hybridized carbons (Fsp3) is 0.391. The van der Waals surface area contributed by atoms with E-state index in [1.807, 2.05) is 30.3 Å². The fourth-order valence-corrected chi connectivity index (χ4v) is 5.29. The first kappa shape index (κ1) is 21.4. The number of carbonyl (C=O) groups is 1. The quantitative estimate of drug-likeness (QED) is 0.587. The number of likely N-dealkylation sites (tertiary alicyclic amines) is 1. The van der Waals surface area contributed by atoms with Crippen molar-refractivity contribution in [3.05, 3.63) is 47.0 Å². The molecule has 0 radical (unpaired) electrons. The lowest BCUT2D eigenvalue weighted by Crippen LogP contribution is -2.39. The molecule has 0 spiro atoms. The van der Waals surface area contributed by atoms with E-state index in [2.05, 4.69) is 11.0 Å². The van der Waals surface area contributed by atoms with Gasteiger partial charge in [0.25, 0.3) is 0 Å². The van der Waals surface area contributed by atoms with E-state index in [-0.39, 0.29) is 12.0 Å². The van der Waals surface area contributed by atoms with Crippen LogP contribution in [-0.4, -0.2) is 55.4 Å². The zero-order valence-electron chi connectivity index (χ0n) is 17.8. The highest BCUT2D eigenvalue weighted by Gasteiger charge is 2.34. The summed E-state index contributed by atoms with van der Waals surface area (Å²) in [6, 6.07) is 11.7. The molecule has 1 aliphatic heterocycles. The molecule has 4 rings (SSSR count). The third-order valence-corrected chi connectivity index (χ3v) is 6.91. The Balaban J connectivity index is 1.82. The van der Waals surface area contributed by atoms with Crippen molar-refractivity contribution in [2.24, 2.45) is 5.92 Å². The van der Waals surface area contributed by atoms with Crippen LogP contribution in [0.2, 0.25) is 0 Å². The average Bonchev–Trinajstić information content (AvgIpc) is 3.22. The van der Waals surface area contributed by atoms with E-state index in [0.29, 0.717) is 43.2 Å². The monoisotopic (exact) mass is 442 g/mol. The third-order valence-electron chi connectivity index (χ3n) is 5.82. The Morgan fingerprint density at radius 3 is 2.32 bits per heavy atom. The van der Waals surface area contributed by atoms with Crippen molar-refractivity contribution in [2.45, 2.75) is 18.9 Å². The third kappa shape index (κ3) is 4.18. The summed E-state index contributed by atoms with van der Waals surface area (Å²) in [4.78, 5) is 18.7. The second-order valence-corrected chi connectivity index (χ2v) is 8.58. The molecule has 1 N–H and O–H groups in total. The van der Waals surface area contributed by atoms with Crippen LogP contribution in [0.1, 0.15) is 29.5 Å². The zero-order valence-corrected chi connectivity index (χ0v) is 18.6. The molecular weight excluding hydrogens is 416 g/mol. The van der Waals surface area contributed by atoms with Crippen LogP contribution in [0.5, 0.6) is 17.2 Å². The van der Waals surface area contributed by atoms with E-state index in [4.69, 9.17) is 19.2 Å². The molecule has 0 saturated carbocycles. The number of carboxylic acids is 1. The number of aliphatic carboxylic acids is 1. The van der Waals surface area contributed by atoms with Gasteiger partial charge in [0.2, 0.25) is 0 Å². The number of piperidine rings is 1. The molecule has 0 amide bonds. The van der Waals surface area contributed by atoms with Crippen LogP contribution in [0.15, 0.2) is 36.4 Å². The van der Waals surface area contributed by atoms with E-state index in [1.165, 1.54) is 0 Å². The number of ether oxygens (including phenoxy) is 3. The zero-order chi connectivity index (χ0) is 22.0. The van der Waals surface area contributed by atoms with Gasteiger partial charge in [0.05, 0.1) is 43.5 Å². The number of hydrogen-bond acceptors (Lipinski definition) is 7. The standard InChI is InChI=1S/C23H26N2O5S/c1-28-17-13-19(30-3)18(29-2)12-15(17)21(25-10-8-14(9-11-25)23(26)27)22-24-16-6-4-5-7-20(16)31-22/h4-7,12-14,21H,8-11H2,1-3H3,(H,26,27). The van der Waals surface area contributed by atoms with E-state index in [1.54, 1.807) is 32.7 Å². The first-order valence-corrected chi connectivity index (χ1v) is 11.0. The molecule has 164 valence electrons. The Kier molecular flexibility index (Phi) is 6.29. The van der Waals surface area contributed by atoms with E-state index in [9.17, 15) is 9.90 Å². The van der Waals surface area contributed by atoms with Gasteiger partial charge in [0.15, 0.2) is 11.5 Å². The van der Waals surface area contributed by atoms with Crippen molar-refractivity contribution >= 4 is 27.5 Å². The molecular formula is C23H26N2O5S. The number of hydrogen-bond donors (Lipinski definition) is 1. The Morgan fingerprint density at radius 2 is 1.71 bits per heavy atom. The number of fused-ring (bicyclic) bond motifs is 1. The highest BCUT2D eigenvalue weighted by Crippen LogP contribution is 2.44. The van der Waals surface area contributed by atoms with Gasteiger partial charge < -0.3 is 19.3 Å². The molecule has 3 aromatic rings. The summed E-state index contributed by atoms with van der Waals surface area (Å²) in [7, 11) is 4.84. The van der Waals surface area contributed by atoms with Crippen LogP contribution in [-0.2, 0) is 4.79 Å². The number of benzene rings is 2. The maximum atomic E-state index is 11.5. The van der Waals surface area contributed by atoms with Gasteiger partial charge in [-0.05, 0) is 44.1 Å². The summed E-state index contributed by atoms with van der Waals surface area (Å²) in [6.45, 7) is 1.32. The predicted molar refractivity (Wildman–Crippen MR) is 119 cm³/mol. The lowest BCUT2D eigenvalue weighted by Gasteiger charge is -2.36. The van der Waals surface area contributed by atoms with Gasteiger partial charge >= 0.3 is 5.97 Å². The molecule has 8 heteroatoms. The number of nitrogens with zero attached hydrogens (tertiary/aromatic N) is 2. The van der Waals surface area contributed by atoms with E-state index < -0.39 is 5.97 Å². The Hall–Kier alpha value is -2.84. The van der Waals surface area contributed by atoms with Crippen LogP contribution >= 0.6 is 11.3 Å². The number of carboxylic acid groups (broad SMARTS) is 1. The summed E-state index contributed by atoms with van der Waals surface area (Å²) in [5.41, 5.74) is 1.88. The molecule has 7 nitrogen and oxygen atoms in total. The van der Waals surface area contributed by atoms with Gasteiger partial charge in [0, 0.05) is 11.6 Å². The van der Waals surface area contributed by atoms with Crippen molar-refractivity contribution in [3.8, 4) is 17.2 Å². The molecule has 2 aromatic carbocycles. The molecule has 1 atom stereocenters. The summed E-state index contributed by atoms with van der Waals surface area (Å²) in [6.07, 6.45) is 1.21. The first-order valence-electron chi connectivity index (χ1n) is 10.2. The van der Waals surface area contributed by atoms with Gasteiger partial charge in [-0.3, -0.25) is 9.69 Å². The second kappa shape index (κ2) is 9.11. The molecule has 1 aromatic heterocycles. The van der Waals surface area contributed by atoms with Crippen LogP contribution in [0.4, 0.5) is 0 Å². The lowest BCUT2D eigenvalue weighted by molar-refractivity contribution is -0.143. The average molecular weight is 443 g/mol. The van der Waals surface area contributed by atoms with Gasteiger partial charge in [-0.2, -0.15) is 0 Å². The van der Waals surface area contributed by atoms with Crippen molar-refractivity contribution in [1.29, 1.82) is 0 Å². The highest BCUT2D eigenvalue weighted by atomic mass is 32.1. The van der Waals surface area contributed by atoms with Crippen molar-refractivity contribution in [3.63, 3.8) is 0 Å². The molecule has 1 fully saturated rings. The lowest BCUT2D eigenvalue weighted by atomic mass is 9.94. The van der Waals surface area contributed by atoms with Crippen molar-refractivity contribution < 1.29 is 24.1 Å². The summed E-state index contributed by atoms with van der Waals surface area (Å²) >= 11 is 1.65. The van der Waals surface area contributed by atoms with Crippen LogP contribution in [0.25, 0.3) is 10.2 Å². The van der Waals surface area contributed by atoms with E-state index in [0.717, 1.165) is 20.8 Å². The Bertz CT molecular complexity index is 1040. The van der Waals surface area contributed by atoms with Gasteiger partial charge in [-0.15, -0.1) is 11.3 Å². The molecule has 1 unspecified atom stereocenters. The minimum atomic E-state index is -0.722. The maximum Gasteiger partial charge on any atom is 0.306 e. The molecule has 31 heavy (non-hydrogen) atoms. The Labute approximate surface area is 185 Å². The van der Waals surface area contributed by atoms with Crippen LogP contribution in [0.3, 0.4) is 0 Å².